The van der Waals surface area contributed by atoms with Crippen molar-refractivity contribution in [1.29, 1.82) is 0 Å². The highest BCUT2D eigenvalue weighted by molar-refractivity contribution is 5.47. The van der Waals surface area contributed by atoms with Gasteiger partial charge in [0.05, 0.1) is 5.69 Å². The van der Waals surface area contributed by atoms with E-state index in [1.54, 1.807) is 24.4 Å². The second-order valence-electron chi connectivity index (χ2n) is 6.60. The maximum absolute atomic E-state index is 12.3. The normalized spacial score (nSPS) is 13.4. The molecule has 25 heavy (non-hydrogen) atoms. The van der Waals surface area contributed by atoms with E-state index in [1.165, 1.54) is 18.5 Å². The van der Waals surface area contributed by atoms with Gasteiger partial charge in [-0.25, -0.2) is 4.98 Å². The molecule has 0 fully saturated rings. The Kier molecular flexibility index (Phi) is 4.22. The highest BCUT2D eigenvalue weighted by Crippen LogP contribution is 2.25. The summed E-state index contributed by atoms with van der Waals surface area (Å²) >= 11 is 0. The monoisotopic (exact) mass is 338 g/mol. The van der Waals surface area contributed by atoms with Gasteiger partial charge >= 0.3 is 0 Å². The van der Waals surface area contributed by atoms with E-state index in [1.807, 2.05) is 20.8 Å². The number of nitrogens with one attached hydrogen (secondary N) is 2. The van der Waals surface area contributed by atoms with E-state index in [0.717, 1.165) is 0 Å². The summed E-state index contributed by atoms with van der Waals surface area (Å²) in [5, 5.41) is 0.250. The number of oxazole rings is 1. The van der Waals surface area contributed by atoms with Gasteiger partial charge in [-0.05, 0) is 24.3 Å². The molecule has 3 rings (SSSR count). The van der Waals surface area contributed by atoms with E-state index >= 15 is 0 Å². The molecule has 7 nitrogen and oxygen atoms in total. The Labute approximate surface area is 142 Å². The van der Waals surface area contributed by atoms with Crippen molar-refractivity contribution in [3.05, 3.63) is 79.3 Å². The van der Waals surface area contributed by atoms with Gasteiger partial charge in [-0.15, -0.1) is 0 Å². The maximum atomic E-state index is 12.3. The average Bonchev–Trinajstić information content (AvgIpc) is 3.02. The molecule has 0 aliphatic rings. The number of hydrogen-bond donors (Lipinski definition) is 2. The van der Waals surface area contributed by atoms with Gasteiger partial charge in [-0.2, -0.15) is 0 Å². The van der Waals surface area contributed by atoms with Crippen molar-refractivity contribution in [2.24, 2.45) is 0 Å². The molecule has 0 spiro atoms. The first-order chi connectivity index (χ1) is 11.8. The van der Waals surface area contributed by atoms with Crippen LogP contribution in [0.3, 0.4) is 0 Å². The van der Waals surface area contributed by atoms with Crippen LogP contribution in [-0.2, 0) is 5.41 Å². The van der Waals surface area contributed by atoms with Crippen molar-refractivity contribution < 1.29 is 4.42 Å². The van der Waals surface area contributed by atoms with Gasteiger partial charge in [-0.1, -0.05) is 26.8 Å². The molecule has 0 aliphatic carbocycles. The lowest BCUT2D eigenvalue weighted by Gasteiger charge is -2.14. The van der Waals surface area contributed by atoms with Crippen molar-refractivity contribution in [1.82, 2.24) is 19.9 Å². The first-order valence-corrected chi connectivity index (χ1v) is 7.76. The summed E-state index contributed by atoms with van der Waals surface area (Å²) in [5.41, 5.74) is -0.0359. The minimum atomic E-state index is -0.426. The molecule has 0 aliphatic heterocycles. The molecular formula is C18H18N4O3. The molecule has 0 amide bonds. The molecular weight excluding hydrogens is 320 g/mol. The fourth-order valence-corrected chi connectivity index (χ4v) is 2.36. The molecule has 128 valence electrons. The Bertz CT molecular complexity index is 1120. The fraction of sp³-hybridized carbons (Fsp3) is 0.222. The Morgan fingerprint density at radius 3 is 2.28 bits per heavy atom. The average molecular weight is 338 g/mol. The molecule has 0 saturated heterocycles. The number of nitrogens with zero attached hydrogens (tertiary/aromatic N) is 2. The summed E-state index contributed by atoms with van der Waals surface area (Å²) in [6.45, 7) is 5.92. The minimum Gasteiger partial charge on any atom is -0.447 e. The summed E-state index contributed by atoms with van der Waals surface area (Å²) < 4.78 is 5.41. The summed E-state index contributed by atoms with van der Waals surface area (Å²) in [4.78, 5) is 38.0. The SMILES string of the molecule is CC(C)(C)c1ocnc1/C=c1\[nH]c(=O)/c(=C/c2ccccn2)[nH]c1=O. The minimum absolute atomic E-state index is 0.113. The second-order valence-corrected chi connectivity index (χ2v) is 6.60. The van der Waals surface area contributed by atoms with Gasteiger partial charge < -0.3 is 14.4 Å². The highest BCUT2D eigenvalue weighted by atomic mass is 16.3. The third kappa shape index (κ3) is 3.65. The molecule has 0 atom stereocenters. The predicted molar refractivity (Wildman–Crippen MR) is 93.5 cm³/mol. The van der Waals surface area contributed by atoms with Gasteiger partial charge in [0.1, 0.15) is 22.2 Å². The van der Waals surface area contributed by atoms with E-state index in [9.17, 15) is 9.59 Å². The third-order valence-corrected chi connectivity index (χ3v) is 3.52. The van der Waals surface area contributed by atoms with Gasteiger partial charge in [0.2, 0.25) is 0 Å². The number of H-pyrrole nitrogens is 2. The van der Waals surface area contributed by atoms with Crippen LogP contribution in [0.4, 0.5) is 0 Å². The van der Waals surface area contributed by atoms with Crippen LogP contribution in [0.1, 0.15) is 37.9 Å². The summed E-state index contributed by atoms with van der Waals surface area (Å²) in [5.74, 6) is 0.636. The molecule has 3 aromatic rings. The van der Waals surface area contributed by atoms with E-state index in [2.05, 4.69) is 19.9 Å². The lowest BCUT2D eigenvalue weighted by atomic mass is 9.92. The van der Waals surface area contributed by atoms with Crippen LogP contribution in [-0.4, -0.2) is 19.9 Å². The zero-order chi connectivity index (χ0) is 18.0. The molecule has 0 radical (unpaired) electrons. The predicted octanol–water partition coefficient (Wildman–Crippen LogP) is 0.401. The summed E-state index contributed by atoms with van der Waals surface area (Å²) in [6, 6.07) is 5.31. The summed E-state index contributed by atoms with van der Waals surface area (Å²) in [6.07, 6.45) is 5.95. The van der Waals surface area contributed by atoms with E-state index in [-0.39, 0.29) is 16.1 Å². The fourth-order valence-electron chi connectivity index (χ4n) is 2.36. The van der Waals surface area contributed by atoms with Gasteiger partial charge in [0, 0.05) is 11.6 Å². The number of aromatic nitrogens is 4. The number of aromatic amines is 2. The van der Waals surface area contributed by atoms with E-state index in [0.29, 0.717) is 17.1 Å². The third-order valence-electron chi connectivity index (χ3n) is 3.52. The number of hydrogen-bond acceptors (Lipinski definition) is 5. The van der Waals surface area contributed by atoms with E-state index < -0.39 is 11.1 Å². The Hall–Kier alpha value is -3.22. The zero-order valence-corrected chi connectivity index (χ0v) is 14.2. The van der Waals surface area contributed by atoms with Crippen LogP contribution in [0, 0.1) is 0 Å². The zero-order valence-electron chi connectivity index (χ0n) is 14.2. The van der Waals surface area contributed by atoms with Gasteiger partial charge in [0.25, 0.3) is 11.1 Å². The Morgan fingerprint density at radius 1 is 1.00 bits per heavy atom. The standard InChI is InChI=1S/C18H18N4O3/c1-18(2,3)15-12(20-10-25-15)9-14-17(24)21-13(16(23)22-14)8-11-6-4-5-7-19-11/h4-10H,1-3H3,(H,21,24)(H,22,23)/b13-8-,14-9-. The first-order valence-electron chi connectivity index (χ1n) is 7.76. The molecule has 2 N–H and O–H groups in total. The van der Waals surface area contributed by atoms with Crippen LogP contribution in [0.2, 0.25) is 0 Å². The van der Waals surface area contributed by atoms with E-state index in [4.69, 9.17) is 4.42 Å². The van der Waals surface area contributed by atoms with Crippen LogP contribution in [0.5, 0.6) is 0 Å². The van der Waals surface area contributed by atoms with Crippen LogP contribution in [0.25, 0.3) is 12.2 Å². The quantitative estimate of drug-likeness (QED) is 0.704. The molecule has 0 saturated carbocycles. The van der Waals surface area contributed by atoms with Crippen LogP contribution >= 0.6 is 0 Å². The van der Waals surface area contributed by atoms with Crippen molar-refractivity contribution in [2.45, 2.75) is 26.2 Å². The largest absolute Gasteiger partial charge is 0.447 e. The molecule has 0 aromatic carbocycles. The topological polar surface area (TPSA) is 105 Å². The second kappa shape index (κ2) is 6.35. The first kappa shape index (κ1) is 16.6. The molecule has 0 bridgehead atoms. The molecule has 7 heteroatoms. The Morgan fingerprint density at radius 2 is 1.68 bits per heavy atom. The van der Waals surface area contributed by atoms with Crippen LogP contribution < -0.4 is 21.8 Å². The van der Waals surface area contributed by atoms with Gasteiger partial charge in [0.15, 0.2) is 6.39 Å². The number of pyridine rings is 1. The van der Waals surface area contributed by atoms with Crippen molar-refractivity contribution in [3.63, 3.8) is 0 Å². The number of rotatable bonds is 2. The van der Waals surface area contributed by atoms with Crippen molar-refractivity contribution >= 4 is 12.2 Å². The highest BCUT2D eigenvalue weighted by Gasteiger charge is 2.21. The lowest BCUT2D eigenvalue weighted by molar-refractivity contribution is 0.407. The maximum Gasteiger partial charge on any atom is 0.272 e. The van der Waals surface area contributed by atoms with Gasteiger partial charge in [-0.3, -0.25) is 14.6 Å². The molecule has 3 heterocycles. The molecule has 0 unspecified atom stereocenters. The lowest BCUT2D eigenvalue weighted by Crippen LogP contribution is -2.46. The van der Waals surface area contributed by atoms with Crippen molar-refractivity contribution in [2.75, 3.05) is 0 Å². The van der Waals surface area contributed by atoms with Crippen molar-refractivity contribution in [3.8, 4) is 0 Å². The summed E-state index contributed by atoms with van der Waals surface area (Å²) in [7, 11) is 0. The Balaban J connectivity index is 2.14. The van der Waals surface area contributed by atoms with Crippen LogP contribution in [0.15, 0.2) is 44.8 Å². The molecule has 3 aromatic heterocycles. The smallest absolute Gasteiger partial charge is 0.272 e.